The average molecular weight is 284 g/mol. The van der Waals surface area contributed by atoms with E-state index in [1.807, 2.05) is 38.2 Å². The third kappa shape index (κ3) is 2.29. The molecule has 0 aliphatic rings. The number of nitrogens with zero attached hydrogens (tertiary/aromatic N) is 1. The van der Waals surface area contributed by atoms with E-state index in [-0.39, 0.29) is 5.82 Å². The van der Waals surface area contributed by atoms with Gasteiger partial charge in [0.05, 0.1) is 11.2 Å². The van der Waals surface area contributed by atoms with Crippen LogP contribution in [0.3, 0.4) is 0 Å². The minimum Gasteiger partial charge on any atom is -0.248 e. The summed E-state index contributed by atoms with van der Waals surface area (Å²) < 4.78 is 13.4. The molecule has 0 amide bonds. The molecule has 0 fully saturated rings. The quantitative estimate of drug-likeness (QED) is 0.520. The summed E-state index contributed by atoms with van der Waals surface area (Å²) >= 11 is 6.03. The number of hydrogen-bond acceptors (Lipinski definition) is 1. The summed E-state index contributed by atoms with van der Waals surface area (Å²) in [5, 5.41) is 1.06. The monoisotopic (exact) mass is 283 g/mol. The van der Waals surface area contributed by atoms with Gasteiger partial charge in [0.2, 0.25) is 0 Å². The van der Waals surface area contributed by atoms with Gasteiger partial charge < -0.3 is 0 Å². The van der Waals surface area contributed by atoms with E-state index in [1.165, 1.54) is 12.1 Å². The van der Waals surface area contributed by atoms with Gasteiger partial charge in [-0.25, -0.2) is 9.37 Å². The molecule has 0 bridgehead atoms. The van der Waals surface area contributed by atoms with Crippen molar-refractivity contribution in [3.8, 4) is 11.3 Å². The van der Waals surface area contributed by atoms with Crippen molar-refractivity contribution in [3.05, 3.63) is 59.9 Å². The zero-order valence-corrected chi connectivity index (χ0v) is 11.8. The predicted octanol–water partition coefficient (Wildman–Crippen LogP) is 3.04. The molecule has 0 unspecified atom stereocenters. The van der Waals surface area contributed by atoms with Gasteiger partial charge in [-0.2, -0.15) is 0 Å². The van der Waals surface area contributed by atoms with Gasteiger partial charge in [-0.3, -0.25) is 0 Å². The lowest BCUT2D eigenvalue weighted by Crippen LogP contribution is -2.06. The molecule has 0 aliphatic carbocycles. The average Bonchev–Trinajstić information content (AvgIpc) is 2.46. The van der Waals surface area contributed by atoms with Crippen LogP contribution in [0.25, 0.3) is 22.2 Å². The summed E-state index contributed by atoms with van der Waals surface area (Å²) in [6.07, 6.45) is 0. The molecule has 1 nitrogen and oxygen atoms in total. The van der Waals surface area contributed by atoms with Gasteiger partial charge in [-0.15, -0.1) is 11.6 Å². The van der Waals surface area contributed by atoms with Gasteiger partial charge in [0, 0.05) is 11.4 Å². The fraction of sp³-hybridized carbons (Fsp3) is 0.0625. The van der Waals surface area contributed by atoms with Crippen LogP contribution >= 0.6 is 11.6 Å². The highest BCUT2D eigenvalue weighted by atomic mass is 35.5. The third-order valence-electron chi connectivity index (χ3n) is 3.37. The summed E-state index contributed by atoms with van der Waals surface area (Å²) in [7, 11) is 2.02. The Balaban J connectivity index is 2.31. The van der Waals surface area contributed by atoms with Crippen molar-refractivity contribution < 1.29 is 4.39 Å². The number of alkyl halides is 1. The smallest absolute Gasteiger partial charge is 0.142 e. The molecule has 0 spiro atoms. The van der Waals surface area contributed by atoms with Gasteiger partial charge in [0.15, 0.2) is 0 Å². The summed E-state index contributed by atoms with van der Waals surface area (Å²) in [6.45, 7) is 0. The highest BCUT2D eigenvalue weighted by molar-refractivity contribution is 6.38. The Morgan fingerprint density at radius 2 is 1.90 bits per heavy atom. The second kappa shape index (κ2) is 5.26. The first-order valence-electron chi connectivity index (χ1n) is 6.40. The Hall–Kier alpha value is -1.87. The Bertz CT molecular complexity index is 789. The molecule has 20 heavy (non-hydrogen) atoms. The van der Waals surface area contributed by atoms with Crippen molar-refractivity contribution >= 4 is 35.8 Å². The Morgan fingerprint density at radius 3 is 2.65 bits per heavy atom. The molecule has 0 radical (unpaired) electrons. The van der Waals surface area contributed by atoms with Crippen LogP contribution in [-0.2, 0) is 5.88 Å². The van der Waals surface area contributed by atoms with Gasteiger partial charge in [-0.05, 0) is 29.1 Å². The van der Waals surface area contributed by atoms with Crippen molar-refractivity contribution in [1.82, 2.24) is 4.98 Å². The van der Waals surface area contributed by atoms with Crippen LogP contribution in [-0.4, -0.2) is 12.8 Å². The molecule has 0 N–H and O–H groups in total. The van der Waals surface area contributed by atoms with Crippen molar-refractivity contribution in [2.75, 3.05) is 0 Å². The van der Waals surface area contributed by atoms with Crippen LogP contribution in [0.4, 0.5) is 4.39 Å². The number of rotatable bonds is 2. The third-order valence-corrected chi connectivity index (χ3v) is 3.66. The van der Waals surface area contributed by atoms with Gasteiger partial charge in [-0.1, -0.05) is 35.8 Å². The maximum atomic E-state index is 13.4. The largest absolute Gasteiger partial charge is 0.248 e. The molecule has 0 saturated carbocycles. The second-order valence-corrected chi connectivity index (χ2v) is 5.05. The first-order valence-corrected chi connectivity index (χ1v) is 6.93. The van der Waals surface area contributed by atoms with E-state index in [9.17, 15) is 4.39 Å². The molecular formula is C16H12BClFN. The molecule has 0 saturated heterocycles. The van der Waals surface area contributed by atoms with Crippen LogP contribution in [0.5, 0.6) is 0 Å². The number of fused-ring (bicyclic) bond motifs is 1. The molecule has 1 aromatic heterocycles. The molecule has 0 atom stereocenters. The number of aromatic nitrogens is 1. The van der Waals surface area contributed by atoms with Crippen LogP contribution in [0.1, 0.15) is 5.56 Å². The Kier molecular flexibility index (Phi) is 3.45. The molecule has 98 valence electrons. The normalized spacial score (nSPS) is 10.9. The fourth-order valence-electron chi connectivity index (χ4n) is 2.38. The minimum atomic E-state index is -0.269. The number of halogens is 2. The molecule has 2 aromatic carbocycles. The van der Waals surface area contributed by atoms with Crippen LogP contribution < -0.4 is 5.46 Å². The molecule has 0 aliphatic heterocycles. The lowest BCUT2D eigenvalue weighted by Gasteiger charge is -2.10. The number of hydrogen-bond donors (Lipinski definition) is 0. The molecule has 3 aromatic rings. The fourth-order valence-corrected chi connectivity index (χ4v) is 2.58. The van der Waals surface area contributed by atoms with E-state index in [0.29, 0.717) is 5.88 Å². The van der Waals surface area contributed by atoms with Crippen molar-refractivity contribution in [1.29, 1.82) is 0 Å². The maximum Gasteiger partial charge on any atom is 0.142 e. The van der Waals surface area contributed by atoms with E-state index in [1.54, 1.807) is 6.07 Å². The first-order chi connectivity index (χ1) is 9.69. The summed E-state index contributed by atoms with van der Waals surface area (Å²) in [5.41, 5.74) is 4.45. The highest BCUT2D eigenvalue weighted by Crippen LogP contribution is 2.26. The molecule has 3 rings (SSSR count). The topological polar surface area (TPSA) is 12.9 Å². The lowest BCUT2D eigenvalue weighted by atomic mass is 9.92. The van der Waals surface area contributed by atoms with Crippen LogP contribution in [0.15, 0.2) is 48.5 Å². The molecular weight excluding hydrogens is 271 g/mol. The van der Waals surface area contributed by atoms with E-state index < -0.39 is 0 Å². The van der Waals surface area contributed by atoms with E-state index in [0.717, 1.165) is 33.2 Å². The van der Waals surface area contributed by atoms with E-state index in [4.69, 9.17) is 16.6 Å². The molecule has 1 heterocycles. The zero-order valence-electron chi connectivity index (χ0n) is 11.0. The molecule has 4 heteroatoms. The zero-order chi connectivity index (χ0) is 14.1. The second-order valence-electron chi connectivity index (χ2n) is 4.79. The van der Waals surface area contributed by atoms with Crippen LogP contribution in [0, 0.1) is 5.82 Å². The van der Waals surface area contributed by atoms with Gasteiger partial charge >= 0.3 is 0 Å². The summed E-state index contributed by atoms with van der Waals surface area (Å²) in [5.74, 6) is 0.0811. The van der Waals surface area contributed by atoms with Crippen LogP contribution in [0.2, 0.25) is 0 Å². The maximum absolute atomic E-state index is 13.4. The number of benzene rings is 2. The van der Waals surface area contributed by atoms with Crippen molar-refractivity contribution in [2.45, 2.75) is 5.88 Å². The van der Waals surface area contributed by atoms with E-state index >= 15 is 0 Å². The lowest BCUT2D eigenvalue weighted by molar-refractivity contribution is 0.628. The minimum absolute atomic E-state index is 0.269. The highest BCUT2D eigenvalue weighted by Gasteiger charge is 2.10. The van der Waals surface area contributed by atoms with Crippen molar-refractivity contribution in [3.63, 3.8) is 0 Å². The standard InChI is InChI=1S/C16H12BClFN/c17-14-6-2-4-10-7-12(9-18)15(20-16(10)14)11-3-1-5-13(19)8-11/h1-8H,9,17H2. The Morgan fingerprint density at radius 1 is 1.10 bits per heavy atom. The van der Waals surface area contributed by atoms with Gasteiger partial charge in [0.25, 0.3) is 0 Å². The van der Waals surface area contributed by atoms with Gasteiger partial charge in [0.1, 0.15) is 13.7 Å². The predicted molar refractivity (Wildman–Crippen MR) is 84.9 cm³/mol. The number of pyridine rings is 1. The Labute approximate surface area is 122 Å². The number of para-hydroxylation sites is 1. The SMILES string of the molecule is Bc1cccc2cc(CCl)c(-c3cccc(F)c3)nc12. The van der Waals surface area contributed by atoms with E-state index in [2.05, 4.69) is 0 Å². The first kappa shape index (κ1) is 13.1. The van der Waals surface area contributed by atoms with Crippen molar-refractivity contribution in [2.24, 2.45) is 0 Å². The summed E-state index contributed by atoms with van der Waals surface area (Å²) in [6, 6.07) is 14.5. The summed E-state index contributed by atoms with van der Waals surface area (Å²) in [4.78, 5) is 4.71.